The molecule has 1 aromatic rings. The standard InChI is InChI=1S/C16H26N2O/c1-3-19-15-6-4-5-14(9-15)16(10-17)18-11-12(2)13-7-8-13/h4-6,9,12-13,16,18H,3,7-8,10-11,17H2,1-2H3. The molecule has 1 aliphatic carbocycles. The van der Waals surface area contributed by atoms with E-state index in [-0.39, 0.29) is 6.04 Å². The summed E-state index contributed by atoms with van der Waals surface area (Å²) in [6, 6.07) is 8.47. The summed E-state index contributed by atoms with van der Waals surface area (Å²) in [5, 5.41) is 3.60. The maximum absolute atomic E-state index is 5.90. The first-order valence-electron chi connectivity index (χ1n) is 7.40. The smallest absolute Gasteiger partial charge is 0.119 e. The SMILES string of the molecule is CCOc1cccc(C(CN)NCC(C)C2CC2)c1. The summed E-state index contributed by atoms with van der Waals surface area (Å²) in [4.78, 5) is 0. The Hall–Kier alpha value is -1.06. The monoisotopic (exact) mass is 262 g/mol. The molecule has 2 unspecified atom stereocenters. The molecule has 106 valence electrons. The number of nitrogens with two attached hydrogens (primary N) is 1. The zero-order valence-electron chi connectivity index (χ0n) is 12.1. The summed E-state index contributed by atoms with van der Waals surface area (Å²) in [6.07, 6.45) is 2.80. The van der Waals surface area contributed by atoms with Crippen molar-refractivity contribution in [2.45, 2.75) is 32.7 Å². The second-order valence-electron chi connectivity index (χ2n) is 5.52. The van der Waals surface area contributed by atoms with E-state index in [1.54, 1.807) is 0 Å². The highest BCUT2D eigenvalue weighted by atomic mass is 16.5. The first kappa shape index (κ1) is 14.4. The van der Waals surface area contributed by atoms with Crippen molar-refractivity contribution < 1.29 is 4.74 Å². The molecule has 2 atom stereocenters. The number of ether oxygens (including phenoxy) is 1. The Morgan fingerprint density at radius 2 is 2.21 bits per heavy atom. The molecule has 0 spiro atoms. The minimum absolute atomic E-state index is 0.224. The van der Waals surface area contributed by atoms with Gasteiger partial charge in [0.2, 0.25) is 0 Å². The highest BCUT2D eigenvalue weighted by Gasteiger charge is 2.27. The van der Waals surface area contributed by atoms with Gasteiger partial charge in [-0.25, -0.2) is 0 Å². The van der Waals surface area contributed by atoms with Gasteiger partial charge in [0.05, 0.1) is 6.61 Å². The highest BCUT2D eigenvalue weighted by molar-refractivity contribution is 5.30. The fraction of sp³-hybridized carbons (Fsp3) is 0.625. The molecule has 2 rings (SSSR count). The van der Waals surface area contributed by atoms with Gasteiger partial charge in [-0.05, 0) is 55.8 Å². The summed E-state index contributed by atoms with van der Waals surface area (Å²) in [7, 11) is 0. The number of nitrogens with one attached hydrogen (secondary N) is 1. The summed E-state index contributed by atoms with van der Waals surface area (Å²) < 4.78 is 5.55. The molecule has 19 heavy (non-hydrogen) atoms. The molecule has 3 N–H and O–H groups in total. The van der Waals surface area contributed by atoms with Gasteiger partial charge in [0.15, 0.2) is 0 Å². The minimum atomic E-state index is 0.224. The molecule has 0 saturated heterocycles. The third-order valence-electron chi connectivity index (χ3n) is 3.92. The lowest BCUT2D eigenvalue weighted by Gasteiger charge is -2.20. The molecular formula is C16H26N2O. The molecule has 0 aliphatic heterocycles. The normalized spacial score (nSPS) is 18.1. The topological polar surface area (TPSA) is 47.3 Å². The summed E-state index contributed by atoms with van der Waals surface area (Å²) in [5.74, 6) is 2.61. The fourth-order valence-electron chi connectivity index (χ4n) is 2.49. The van der Waals surface area contributed by atoms with E-state index in [4.69, 9.17) is 10.5 Å². The second-order valence-corrected chi connectivity index (χ2v) is 5.52. The molecular weight excluding hydrogens is 236 g/mol. The van der Waals surface area contributed by atoms with Crippen molar-refractivity contribution in [1.29, 1.82) is 0 Å². The zero-order valence-corrected chi connectivity index (χ0v) is 12.1. The molecule has 0 heterocycles. The summed E-state index contributed by atoms with van der Waals surface area (Å²) in [6.45, 7) is 6.69. The number of hydrogen-bond donors (Lipinski definition) is 2. The van der Waals surface area contributed by atoms with Gasteiger partial charge in [-0.2, -0.15) is 0 Å². The van der Waals surface area contributed by atoms with Crippen molar-refractivity contribution in [1.82, 2.24) is 5.32 Å². The van der Waals surface area contributed by atoms with E-state index < -0.39 is 0 Å². The maximum Gasteiger partial charge on any atom is 0.119 e. The van der Waals surface area contributed by atoms with E-state index in [1.165, 1.54) is 18.4 Å². The van der Waals surface area contributed by atoms with Gasteiger partial charge in [-0.1, -0.05) is 19.1 Å². The van der Waals surface area contributed by atoms with E-state index in [0.29, 0.717) is 13.2 Å². The van der Waals surface area contributed by atoms with E-state index in [2.05, 4.69) is 24.4 Å². The lowest BCUT2D eigenvalue weighted by molar-refractivity contribution is 0.339. The fourth-order valence-corrected chi connectivity index (χ4v) is 2.49. The molecule has 1 aromatic carbocycles. The van der Waals surface area contributed by atoms with E-state index >= 15 is 0 Å². The van der Waals surface area contributed by atoms with Crippen LogP contribution in [0.25, 0.3) is 0 Å². The Morgan fingerprint density at radius 3 is 2.84 bits per heavy atom. The molecule has 0 bridgehead atoms. The molecule has 0 aromatic heterocycles. The summed E-state index contributed by atoms with van der Waals surface area (Å²) in [5.41, 5.74) is 7.12. The molecule has 1 fully saturated rings. The Morgan fingerprint density at radius 1 is 1.42 bits per heavy atom. The van der Waals surface area contributed by atoms with Crippen molar-refractivity contribution in [2.24, 2.45) is 17.6 Å². The number of hydrogen-bond acceptors (Lipinski definition) is 3. The van der Waals surface area contributed by atoms with Gasteiger partial charge in [0.25, 0.3) is 0 Å². The lowest BCUT2D eigenvalue weighted by atomic mass is 10.0. The van der Waals surface area contributed by atoms with Crippen LogP contribution >= 0.6 is 0 Å². The van der Waals surface area contributed by atoms with Crippen molar-refractivity contribution in [3.05, 3.63) is 29.8 Å². The van der Waals surface area contributed by atoms with Crippen LogP contribution in [0.15, 0.2) is 24.3 Å². The predicted octanol–water partition coefficient (Wildman–Crippen LogP) is 2.72. The van der Waals surface area contributed by atoms with Crippen LogP contribution < -0.4 is 15.8 Å². The molecule has 1 aliphatic rings. The first-order valence-corrected chi connectivity index (χ1v) is 7.40. The van der Waals surface area contributed by atoms with Crippen LogP contribution in [0.2, 0.25) is 0 Å². The van der Waals surface area contributed by atoms with Crippen LogP contribution in [0.1, 0.15) is 38.3 Å². The Kier molecular flexibility index (Phi) is 5.23. The van der Waals surface area contributed by atoms with E-state index in [9.17, 15) is 0 Å². The van der Waals surface area contributed by atoms with E-state index in [1.807, 2.05) is 19.1 Å². The van der Waals surface area contributed by atoms with Gasteiger partial charge in [-0.3, -0.25) is 0 Å². The molecule has 0 amide bonds. The van der Waals surface area contributed by atoms with Crippen molar-refractivity contribution >= 4 is 0 Å². The van der Waals surface area contributed by atoms with Crippen LogP contribution in [-0.4, -0.2) is 19.7 Å². The van der Waals surface area contributed by atoms with Crippen LogP contribution in [0.5, 0.6) is 5.75 Å². The lowest BCUT2D eigenvalue weighted by Crippen LogP contribution is -2.32. The molecule has 0 radical (unpaired) electrons. The maximum atomic E-state index is 5.90. The second kappa shape index (κ2) is 6.92. The molecule has 1 saturated carbocycles. The third kappa shape index (κ3) is 4.22. The van der Waals surface area contributed by atoms with Crippen LogP contribution in [-0.2, 0) is 0 Å². The Labute approximate surface area is 116 Å². The Bertz CT molecular complexity index is 390. The van der Waals surface area contributed by atoms with Crippen molar-refractivity contribution in [2.75, 3.05) is 19.7 Å². The zero-order chi connectivity index (χ0) is 13.7. The highest BCUT2D eigenvalue weighted by Crippen LogP contribution is 2.36. The van der Waals surface area contributed by atoms with E-state index in [0.717, 1.165) is 24.1 Å². The van der Waals surface area contributed by atoms with Crippen LogP contribution in [0.3, 0.4) is 0 Å². The van der Waals surface area contributed by atoms with Crippen molar-refractivity contribution in [3.63, 3.8) is 0 Å². The average molecular weight is 262 g/mol. The Balaban J connectivity index is 1.93. The van der Waals surface area contributed by atoms with Gasteiger partial charge in [0.1, 0.15) is 5.75 Å². The number of benzene rings is 1. The van der Waals surface area contributed by atoms with Crippen molar-refractivity contribution in [3.8, 4) is 5.75 Å². The van der Waals surface area contributed by atoms with Crippen LogP contribution in [0.4, 0.5) is 0 Å². The average Bonchev–Trinajstić information content (AvgIpc) is 3.24. The first-order chi connectivity index (χ1) is 9.24. The quantitative estimate of drug-likeness (QED) is 0.757. The predicted molar refractivity (Wildman–Crippen MR) is 79.3 cm³/mol. The van der Waals surface area contributed by atoms with Crippen LogP contribution in [0, 0.1) is 11.8 Å². The van der Waals surface area contributed by atoms with Gasteiger partial charge in [0, 0.05) is 12.6 Å². The van der Waals surface area contributed by atoms with Gasteiger partial charge >= 0.3 is 0 Å². The van der Waals surface area contributed by atoms with Gasteiger partial charge < -0.3 is 15.8 Å². The van der Waals surface area contributed by atoms with Gasteiger partial charge in [-0.15, -0.1) is 0 Å². The summed E-state index contributed by atoms with van der Waals surface area (Å²) >= 11 is 0. The number of rotatable bonds is 8. The largest absolute Gasteiger partial charge is 0.494 e. The third-order valence-corrected chi connectivity index (χ3v) is 3.92. The molecule has 3 heteroatoms. The minimum Gasteiger partial charge on any atom is -0.494 e. The molecule has 3 nitrogen and oxygen atoms in total.